The number of amides is 1. The van der Waals surface area contributed by atoms with E-state index in [1.165, 1.54) is 11.3 Å². The van der Waals surface area contributed by atoms with Crippen molar-refractivity contribution in [2.45, 2.75) is 25.6 Å². The van der Waals surface area contributed by atoms with E-state index in [0.717, 1.165) is 29.8 Å². The third-order valence-corrected chi connectivity index (χ3v) is 4.27. The minimum absolute atomic E-state index is 0.253. The Labute approximate surface area is 126 Å². The maximum Gasteiger partial charge on any atom is 0.285 e. The monoisotopic (exact) mass is 304 g/mol. The van der Waals surface area contributed by atoms with Crippen LogP contribution in [0.25, 0.3) is 10.6 Å². The summed E-state index contributed by atoms with van der Waals surface area (Å²) in [6, 6.07) is 9.36. The minimum Gasteiger partial charge on any atom is -0.350 e. The van der Waals surface area contributed by atoms with Gasteiger partial charge in [-0.3, -0.25) is 9.78 Å². The van der Waals surface area contributed by atoms with Gasteiger partial charge in [-0.1, -0.05) is 6.07 Å². The van der Waals surface area contributed by atoms with Crippen LogP contribution in [0.1, 0.15) is 28.9 Å². The van der Waals surface area contributed by atoms with Crippen molar-refractivity contribution in [2.24, 2.45) is 0 Å². The zero-order valence-corrected chi connectivity index (χ0v) is 12.3. The molecule has 5 nitrogen and oxygen atoms in total. The standard InChI is InChI=1S/C15H16N2O3S/c18-15(17-20-14-6-2-4-10-19-14)13-8-7-12(21-13)11-5-1-3-9-16-11/h1,3,5,7-9,14H,2,4,6,10H2,(H,17,18). The highest BCUT2D eigenvalue weighted by atomic mass is 32.1. The first-order chi connectivity index (χ1) is 10.3. The Morgan fingerprint density at radius 3 is 3.05 bits per heavy atom. The van der Waals surface area contributed by atoms with Gasteiger partial charge in [-0.15, -0.1) is 11.3 Å². The third-order valence-electron chi connectivity index (χ3n) is 3.17. The second-order valence-corrected chi connectivity index (χ2v) is 5.81. The Balaban J connectivity index is 1.59. The molecule has 0 spiro atoms. The fraction of sp³-hybridized carbons (Fsp3) is 0.333. The predicted octanol–water partition coefficient (Wildman–Crippen LogP) is 3.00. The lowest BCUT2D eigenvalue weighted by atomic mass is 10.2. The van der Waals surface area contributed by atoms with Gasteiger partial charge in [0.05, 0.1) is 15.4 Å². The van der Waals surface area contributed by atoms with Gasteiger partial charge < -0.3 is 4.74 Å². The Kier molecular flexibility index (Phi) is 4.59. The molecular weight excluding hydrogens is 288 g/mol. The highest BCUT2D eigenvalue weighted by molar-refractivity contribution is 7.17. The van der Waals surface area contributed by atoms with E-state index in [9.17, 15) is 4.79 Å². The van der Waals surface area contributed by atoms with Crippen molar-refractivity contribution in [1.82, 2.24) is 10.5 Å². The number of ether oxygens (including phenoxy) is 1. The summed E-state index contributed by atoms with van der Waals surface area (Å²) < 4.78 is 5.40. The fourth-order valence-corrected chi connectivity index (χ4v) is 2.95. The molecule has 1 unspecified atom stereocenters. The number of carbonyl (C=O) groups excluding carboxylic acids is 1. The first kappa shape index (κ1) is 14.2. The fourth-order valence-electron chi connectivity index (χ4n) is 2.08. The number of nitrogens with one attached hydrogen (secondary N) is 1. The average Bonchev–Trinajstić information content (AvgIpc) is 3.04. The van der Waals surface area contributed by atoms with E-state index >= 15 is 0 Å². The van der Waals surface area contributed by atoms with Crippen molar-refractivity contribution < 1.29 is 14.4 Å². The summed E-state index contributed by atoms with van der Waals surface area (Å²) in [4.78, 5) is 23.1. The SMILES string of the molecule is O=C(NOC1CCCCO1)c1ccc(-c2ccccn2)s1. The summed E-state index contributed by atoms with van der Waals surface area (Å²) in [6.07, 6.45) is 4.32. The summed E-state index contributed by atoms with van der Waals surface area (Å²) in [5, 5.41) is 0. The number of aromatic nitrogens is 1. The molecule has 21 heavy (non-hydrogen) atoms. The first-order valence-corrected chi connectivity index (χ1v) is 7.73. The normalized spacial score (nSPS) is 18.4. The highest BCUT2D eigenvalue weighted by Gasteiger charge is 2.17. The van der Waals surface area contributed by atoms with E-state index < -0.39 is 0 Å². The van der Waals surface area contributed by atoms with Crippen molar-refractivity contribution in [2.75, 3.05) is 6.61 Å². The molecule has 1 atom stereocenters. The number of pyridine rings is 1. The molecule has 1 amide bonds. The van der Waals surface area contributed by atoms with E-state index in [1.54, 1.807) is 12.3 Å². The molecule has 0 bridgehead atoms. The molecule has 1 N–H and O–H groups in total. The predicted molar refractivity (Wildman–Crippen MR) is 79.7 cm³/mol. The van der Waals surface area contributed by atoms with Crippen molar-refractivity contribution in [3.8, 4) is 10.6 Å². The van der Waals surface area contributed by atoms with Gasteiger partial charge in [0.25, 0.3) is 5.91 Å². The summed E-state index contributed by atoms with van der Waals surface area (Å²) in [7, 11) is 0. The molecule has 0 saturated carbocycles. The molecule has 1 aliphatic rings. The van der Waals surface area contributed by atoms with Crippen molar-refractivity contribution >= 4 is 17.2 Å². The Morgan fingerprint density at radius 2 is 2.29 bits per heavy atom. The molecule has 0 aliphatic carbocycles. The van der Waals surface area contributed by atoms with Crippen LogP contribution in [0, 0.1) is 0 Å². The lowest BCUT2D eigenvalue weighted by Gasteiger charge is -2.21. The van der Waals surface area contributed by atoms with E-state index in [-0.39, 0.29) is 12.2 Å². The van der Waals surface area contributed by atoms with Crippen LogP contribution < -0.4 is 5.48 Å². The molecule has 1 fully saturated rings. The zero-order valence-electron chi connectivity index (χ0n) is 11.5. The Hall–Kier alpha value is -1.76. The van der Waals surface area contributed by atoms with Gasteiger partial charge in [0.15, 0.2) is 6.29 Å². The summed E-state index contributed by atoms with van der Waals surface area (Å²) >= 11 is 1.39. The molecule has 3 heterocycles. The number of hydroxylamine groups is 1. The van der Waals surface area contributed by atoms with Gasteiger partial charge in [-0.2, -0.15) is 0 Å². The van der Waals surface area contributed by atoms with Crippen LogP contribution in [0.4, 0.5) is 0 Å². The lowest BCUT2D eigenvalue weighted by Crippen LogP contribution is -2.32. The van der Waals surface area contributed by atoms with Crippen molar-refractivity contribution in [3.05, 3.63) is 41.4 Å². The molecule has 3 rings (SSSR count). The van der Waals surface area contributed by atoms with Crippen molar-refractivity contribution in [1.29, 1.82) is 0 Å². The number of thiophene rings is 1. The number of hydrogen-bond acceptors (Lipinski definition) is 5. The van der Waals surface area contributed by atoms with Crippen LogP contribution >= 0.6 is 11.3 Å². The van der Waals surface area contributed by atoms with E-state index in [2.05, 4.69) is 10.5 Å². The van der Waals surface area contributed by atoms with Crippen LogP contribution in [0.5, 0.6) is 0 Å². The molecule has 2 aromatic heterocycles. The van der Waals surface area contributed by atoms with E-state index in [0.29, 0.717) is 11.5 Å². The van der Waals surface area contributed by atoms with Crippen molar-refractivity contribution in [3.63, 3.8) is 0 Å². The van der Waals surface area contributed by atoms with Crippen LogP contribution in [0.3, 0.4) is 0 Å². The topological polar surface area (TPSA) is 60.5 Å². The third kappa shape index (κ3) is 3.66. The van der Waals surface area contributed by atoms with Gasteiger partial charge >= 0.3 is 0 Å². The van der Waals surface area contributed by atoms with Gasteiger partial charge in [0.2, 0.25) is 0 Å². The van der Waals surface area contributed by atoms with Crippen LogP contribution in [-0.2, 0) is 9.57 Å². The van der Waals surface area contributed by atoms with E-state index in [4.69, 9.17) is 9.57 Å². The zero-order chi connectivity index (χ0) is 14.5. The average molecular weight is 304 g/mol. The van der Waals surface area contributed by atoms with Gasteiger partial charge in [0.1, 0.15) is 0 Å². The molecule has 110 valence electrons. The van der Waals surface area contributed by atoms with Gasteiger partial charge in [0, 0.05) is 19.2 Å². The maximum atomic E-state index is 12.0. The maximum absolute atomic E-state index is 12.0. The molecule has 0 radical (unpaired) electrons. The molecule has 6 heteroatoms. The largest absolute Gasteiger partial charge is 0.350 e. The number of rotatable bonds is 4. The first-order valence-electron chi connectivity index (χ1n) is 6.92. The molecule has 1 aliphatic heterocycles. The molecule has 0 aromatic carbocycles. The Bertz CT molecular complexity index is 594. The summed E-state index contributed by atoms with van der Waals surface area (Å²) in [5.74, 6) is -0.253. The molecule has 1 saturated heterocycles. The lowest BCUT2D eigenvalue weighted by molar-refractivity contribution is -0.186. The highest BCUT2D eigenvalue weighted by Crippen LogP contribution is 2.26. The van der Waals surface area contributed by atoms with E-state index in [1.807, 2.05) is 24.3 Å². The quantitative estimate of drug-likeness (QED) is 0.882. The minimum atomic E-state index is -0.335. The Morgan fingerprint density at radius 1 is 1.33 bits per heavy atom. The van der Waals surface area contributed by atoms with Gasteiger partial charge in [-0.05, 0) is 37.1 Å². The number of carbonyl (C=O) groups is 1. The van der Waals surface area contributed by atoms with Gasteiger partial charge in [-0.25, -0.2) is 10.3 Å². The summed E-state index contributed by atoms with van der Waals surface area (Å²) in [6.45, 7) is 0.684. The molecular formula is C15H16N2O3S. The van der Waals surface area contributed by atoms with Crippen LogP contribution in [0.2, 0.25) is 0 Å². The summed E-state index contributed by atoms with van der Waals surface area (Å²) in [5.41, 5.74) is 3.32. The van der Waals surface area contributed by atoms with Crippen LogP contribution in [0.15, 0.2) is 36.5 Å². The number of nitrogens with zero attached hydrogens (tertiary/aromatic N) is 1. The molecule has 2 aromatic rings. The number of hydrogen-bond donors (Lipinski definition) is 1. The second-order valence-electron chi connectivity index (χ2n) is 4.72. The smallest absolute Gasteiger partial charge is 0.285 e. The van der Waals surface area contributed by atoms with Crippen LogP contribution in [-0.4, -0.2) is 23.8 Å². The second kappa shape index (κ2) is 6.80.